The molecule has 0 rings (SSSR count). The first-order valence-corrected chi connectivity index (χ1v) is 3.59. The second-order valence-electron chi connectivity index (χ2n) is 3.13. The largest absolute Gasteiger partial charge is 0.356 e. The van der Waals surface area contributed by atoms with E-state index in [4.69, 9.17) is 15.9 Å². The molecule has 11 heavy (non-hydrogen) atoms. The fourth-order valence-electron chi connectivity index (χ4n) is 0.738. The van der Waals surface area contributed by atoms with Crippen molar-refractivity contribution in [3.8, 4) is 12.3 Å². The molecule has 0 unspecified atom stereocenters. The summed E-state index contributed by atoms with van der Waals surface area (Å²) < 4.78 is 10.0. The van der Waals surface area contributed by atoms with Gasteiger partial charge < -0.3 is 9.47 Å². The maximum Gasteiger partial charge on any atom is 0.158 e. The van der Waals surface area contributed by atoms with Crippen molar-refractivity contribution in [3.63, 3.8) is 0 Å². The van der Waals surface area contributed by atoms with Gasteiger partial charge in [-0.25, -0.2) is 0 Å². The van der Waals surface area contributed by atoms with Crippen molar-refractivity contribution in [1.82, 2.24) is 0 Å². The highest BCUT2D eigenvalue weighted by atomic mass is 16.7. The van der Waals surface area contributed by atoms with E-state index in [-0.39, 0.29) is 11.7 Å². The van der Waals surface area contributed by atoms with Crippen LogP contribution >= 0.6 is 0 Å². The van der Waals surface area contributed by atoms with Crippen LogP contribution in [0, 0.1) is 17.8 Å². The Bertz CT molecular complexity index is 140. The van der Waals surface area contributed by atoms with Gasteiger partial charge >= 0.3 is 0 Å². The van der Waals surface area contributed by atoms with Crippen molar-refractivity contribution in [3.05, 3.63) is 0 Å². The molecule has 0 aliphatic carbocycles. The quantitative estimate of drug-likeness (QED) is 0.455. The van der Waals surface area contributed by atoms with Gasteiger partial charge in [-0.3, -0.25) is 0 Å². The predicted molar refractivity (Wildman–Crippen MR) is 45.0 cm³/mol. The summed E-state index contributed by atoms with van der Waals surface area (Å²) >= 11 is 0. The van der Waals surface area contributed by atoms with Crippen molar-refractivity contribution in [2.24, 2.45) is 5.41 Å². The average Bonchev–Trinajstić information content (AvgIpc) is 2.00. The van der Waals surface area contributed by atoms with Crippen molar-refractivity contribution in [2.75, 3.05) is 14.2 Å². The number of hydrogen-bond acceptors (Lipinski definition) is 2. The zero-order valence-electron chi connectivity index (χ0n) is 7.68. The molecule has 0 bridgehead atoms. The molecule has 0 aromatic carbocycles. The molecule has 0 saturated carbocycles. The molecule has 0 saturated heterocycles. The van der Waals surface area contributed by atoms with Crippen LogP contribution in [0.1, 0.15) is 20.3 Å². The Hall–Kier alpha value is -0.520. The molecule has 0 aromatic rings. The molecule has 0 radical (unpaired) electrons. The Balaban J connectivity index is 3.92. The molecule has 0 spiro atoms. The summed E-state index contributed by atoms with van der Waals surface area (Å²) in [6.07, 6.45) is 5.83. The smallest absolute Gasteiger partial charge is 0.158 e. The molecule has 64 valence electrons. The Labute approximate surface area is 68.9 Å². The molecule has 2 heteroatoms. The van der Waals surface area contributed by atoms with Crippen LogP contribution in [0.5, 0.6) is 0 Å². The normalized spacial score (nSPS) is 11.6. The molecule has 0 N–H and O–H groups in total. The summed E-state index contributed by atoms with van der Waals surface area (Å²) in [6.45, 7) is 3.97. The summed E-state index contributed by atoms with van der Waals surface area (Å²) in [5.41, 5.74) is -0.156. The average molecular weight is 156 g/mol. The molecule has 2 nitrogen and oxygen atoms in total. The molecular weight excluding hydrogens is 140 g/mol. The lowest BCUT2D eigenvalue weighted by Crippen LogP contribution is -2.22. The molecule has 0 aliphatic heterocycles. The fourth-order valence-corrected chi connectivity index (χ4v) is 0.738. The first-order chi connectivity index (χ1) is 5.05. The topological polar surface area (TPSA) is 18.5 Å². The van der Waals surface area contributed by atoms with Crippen LogP contribution in [-0.4, -0.2) is 20.5 Å². The predicted octanol–water partition coefficient (Wildman–Crippen LogP) is 1.65. The Kier molecular flexibility index (Phi) is 4.17. The van der Waals surface area contributed by atoms with Crippen LogP contribution in [0.25, 0.3) is 0 Å². The van der Waals surface area contributed by atoms with E-state index in [1.54, 1.807) is 14.2 Å². The van der Waals surface area contributed by atoms with Gasteiger partial charge in [0.15, 0.2) is 6.29 Å². The number of methoxy groups -OCH3 is 2. The monoisotopic (exact) mass is 156 g/mol. The van der Waals surface area contributed by atoms with Gasteiger partial charge in [0.2, 0.25) is 0 Å². The first kappa shape index (κ1) is 10.5. The Morgan fingerprint density at radius 2 is 1.82 bits per heavy atom. The minimum atomic E-state index is -0.193. The van der Waals surface area contributed by atoms with E-state index >= 15 is 0 Å². The van der Waals surface area contributed by atoms with E-state index in [1.165, 1.54) is 0 Å². The van der Waals surface area contributed by atoms with E-state index in [9.17, 15) is 0 Å². The molecule has 0 aliphatic rings. The van der Waals surface area contributed by atoms with E-state index in [0.717, 1.165) is 6.42 Å². The number of hydrogen-bond donors (Lipinski definition) is 0. The van der Waals surface area contributed by atoms with Gasteiger partial charge in [0.25, 0.3) is 0 Å². The van der Waals surface area contributed by atoms with Crippen LogP contribution < -0.4 is 0 Å². The fraction of sp³-hybridized carbons (Fsp3) is 0.778. The van der Waals surface area contributed by atoms with Crippen LogP contribution in [0.4, 0.5) is 0 Å². The van der Waals surface area contributed by atoms with Crippen LogP contribution in [0.15, 0.2) is 0 Å². The van der Waals surface area contributed by atoms with Crippen molar-refractivity contribution in [2.45, 2.75) is 26.6 Å². The highest BCUT2D eigenvalue weighted by molar-refractivity contribution is 5.00. The highest BCUT2D eigenvalue weighted by Gasteiger charge is 2.20. The standard InChI is InChI=1S/C9H16O2/c1-6-9(2,3)7-8(10-4)11-5/h1,8H,7H2,2-5H3. The lowest BCUT2D eigenvalue weighted by molar-refractivity contribution is -0.117. The first-order valence-electron chi connectivity index (χ1n) is 3.59. The van der Waals surface area contributed by atoms with Crippen LogP contribution in [0.3, 0.4) is 0 Å². The van der Waals surface area contributed by atoms with E-state index in [1.807, 2.05) is 13.8 Å². The highest BCUT2D eigenvalue weighted by Crippen LogP contribution is 2.22. The van der Waals surface area contributed by atoms with Gasteiger partial charge in [0, 0.05) is 26.1 Å². The maximum absolute atomic E-state index is 5.30. The SMILES string of the molecule is C#CC(C)(C)CC(OC)OC. The molecule has 0 atom stereocenters. The second-order valence-corrected chi connectivity index (χ2v) is 3.13. The molecule has 0 fully saturated rings. The molecule has 0 aromatic heterocycles. The lowest BCUT2D eigenvalue weighted by atomic mass is 9.90. The third-order valence-corrected chi connectivity index (χ3v) is 1.59. The third kappa shape index (κ3) is 4.02. The number of ether oxygens (including phenoxy) is 2. The summed E-state index contributed by atoms with van der Waals surface area (Å²) in [7, 11) is 3.22. The van der Waals surface area contributed by atoms with Gasteiger partial charge in [0.1, 0.15) is 0 Å². The van der Waals surface area contributed by atoms with Gasteiger partial charge in [-0.15, -0.1) is 12.3 Å². The minimum Gasteiger partial charge on any atom is -0.356 e. The number of rotatable bonds is 4. The van der Waals surface area contributed by atoms with E-state index in [2.05, 4.69) is 5.92 Å². The van der Waals surface area contributed by atoms with Gasteiger partial charge in [-0.1, -0.05) is 0 Å². The second kappa shape index (κ2) is 4.38. The lowest BCUT2D eigenvalue weighted by Gasteiger charge is -2.22. The third-order valence-electron chi connectivity index (χ3n) is 1.59. The molecule has 0 amide bonds. The zero-order valence-corrected chi connectivity index (χ0v) is 7.68. The van der Waals surface area contributed by atoms with E-state index in [0.29, 0.717) is 0 Å². The van der Waals surface area contributed by atoms with Crippen molar-refractivity contribution < 1.29 is 9.47 Å². The Morgan fingerprint density at radius 3 is 2.09 bits per heavy atom. The van der Waals surface area contributed by atoms with Gasteiger partial charge in [0.05, 0.1) is 0 Å². The van der Waals surface area contributed by atoms with Gasteiger partial charge in [-0.05, 0) is 13.8 Å². The minimum absolute atomic E-state index is 0.156. The zero-order chi connectivity index (χ0) is 8.91. The van der Waals surface area contributed by atoms with E-state index < -0.39 is 0 Å². The summed E-state index contributed by atoms with van der Waals surface area (Å²) in [6, 6.07) is 0. The molecular formula is C9H16O2. The van der Waals surface area contributed by atoms with Crippen molar-refractivity contribution in [1.29, 1.82) is 0 Å². The Morgan fingerprint density at radius 1 is 1.36 bits per heavy atom. The van der Waals surface area contributed by atoms with Gasteiger partial charge in [-0.2, -0.15) is 0 Å². The summed E-state index contributed by atoms with van der Waals surface area (Å²) in [4.78, 5) is 0. The summed E-state index contributed by atoms with van der Waals surface area (Å²) in [5.74, 6) is 2.68. The van der Waals surface area contributed by atoms with Crippen LogP contribution in [0.2, 0.25) is 0 Å². The number of terminal acetylenes is 1. The van der Waals surface area contributed by atoms with Crippen molar-refractivity contribution >= 4 is 0 Å². The summed E-state index contributed by atoms with van der Waals surface area (Å²) in [5, 5.41) is 0. The maximum atomic E-state index is 5.30. The molecule has 0 heterocycles. The van der Waals surface area contributed by atoms with Crippen LogP contribution in [-0.2, 0) is 9.47 Å².